The second-order valence-corrected chi connectivity index (χ2v) is 5.60. The van der Waals surface area contributed by atoms with Crippen LogP contribution in [0.2, 0.25) is 0 Å². The standard InChI is InChI=1S/C19H20N2O3/c1-3-24-15-10-8-13(9-11-15)19(23)21-16-7-5-4-6-14(16)12-17(21)18(22)20-2/h4-11,17H,3,12H2,1-2H3,(H,20,22). The predicted octanol–water partition coefficient (Wildman–Crippen LogP) is 2.40. The lowest BCUT2D eigenvalue weighted by molar-refractivity contribution is -0.121. The molecule has 0 spiro atoms. The molecule has 0 radical (unpaired) electrons. The number of amides is 2. The quantitative estimate of drug-likeness (QED) is 0.939. The summed E-state index contributed by atoms with van der Waals surface area (Å²) in [5.74, 6) is 0.376. The Morgan fingerprint density at radius 3 is 2.54 bits per heavy atom. The Hall–Kier alpha value is -2.82. The van der Waals surface area contributed by atoms with E-state index in [4.69, 9.17) is 4.74 Å². The van der Waals surface area contributed by atoms with Crippen molar-refractivity contribution < 1.29 is 14.3 Å². The zero-order valence-electron chi connectivity index (χ0n) is 13.8. The van der Waals surface area contributed by atoms with Gasteiger partial charge in [0, 0.05) is 24.7 Å². The normalized spacial score (nSPS) is 15.8. The fourth-order valence-corrected chi connectivity index (χ4v) is 3.01. The van der Waals surface area contributed by atoms with E-state index in [2.05, 4.69) is 5.32 Å². The molecule has 0 fully saturated rings. The van der Waals surface area contributed by atoms with Crippen LogP contribution in [0.25, 0.3) is 0 Å². The van der Waals surface area contributed by atoms with Gasteiger partial charge in [-0.3, -0.25) is 14.5 Å². The highest BCUT2D eigenvalue weighted by Crippen LogP contribution is 2.33. The van der Waals surface area contributed by atoms with Crippen molar-refractivity contribution in [2.45, 2.75) is 19.4 Å². The highest BCUT2D eigenvalue weighted by Gasteiger charge is 2.38. The van der Waals surface area contributed by atoms with Gasteiger partial charge in [0.15, 0.2) is 0 Å². The first-order chi connectivity index (χ1) is 11.7. The highest BCUT2D eigenvalue weighted by atomic mass is 16.5. The number of anilines is 1. The fraction of sp³-hybridized carbons (Fsp3) is 0.263. The number of likely N-dealkylation sites (N-methyl/N-ethyl adjacent to an activating group) is 1. The molecule has 1 aliphatic rings. The molecule has 2 amide bonds. The molecule has 0 aromatic heterocycles. The molecule has 0 saturated carbocycles. The van der Waals surface area contributed by atoms with E-state index in [0.717, 1.165) is 17.0 Å². The number of nitrogens with zero attached hydrogens (tertiary/aromatic N) is 1. The van der Waals surface area contributed by atoms with Crippen molar-refractivity contribution in [2.24, 2.45) is 0 Å². The molecule has 124 valence electrons. The van der Waals surface area contributed by atoms with Crippen LogP contribution in [-0.2, 0) is 11.2 Å². The molecule has 1 aliphatic heterocycles. The van der Waals surface area contributed by atoms with Crippen LogP contribution in [0.1, 0.15) is 22.8 Å². The lowest BCUT2D eigenvalue weighted by Gasteiger charge is -2.24. The first-order valence-electron chi connectivity index (χ1n) is 8.01. The molecule has 0 bridgehead atoms. The Bertz CT molecular complexity index is 755. The molecule has 0 aliphatic carbocycles. The Balaban J connectivity index is 1.94. The number of fused-ring (bicyclic) bond motifs is 1. The van der Waals surface area contributed by atoms with Crippen molar-refractivity contribution in [1.82, 2.24) is 5.32 Å². The molecule has 5 nitrogen and oxygen atoms in total. The van der Waals surface area contributed by atoms with E-state index >= 15 is 0 Å². The maximum absolute atomic E-state index is 13.0. The van der Waals surface area contributed by atoms with Crippen molar-refractivity contribution in [2.75, 3.05) is 18.6 Å². The first-order valence-corrected chi connectivity index (χ1v) is 8.01. The molecule has 2 aromatic rings. The molecule has 0 saturated heterocycles. The van der Waals surface area contributed by atoms with Crippen molar-refractivity contribution in [3.05, 3.63) is 59.7 Å². The van der Waals surface area contributed by atoms with Crippen LogP contribution in [0.15, 0.2) is 48.5 Å². The van der Waals surface area contributed by atoms with Crippen molar-refractivity contribution in [1.29, 1.82) is 0 Å². The average molecular weight is 324 g/mol. The van der Waals surface area contributed by atoms with E-state index in [1.54, 1.807) is 36.2 Å². The molecule has 1 heterocycles. The zero-order valence-corrected chi connectivity index (χ0v) is 13.8. The fourth-order valence-electron chi connectivity index (χ4n) is 3.01. The van der Waals surface area contributed by atoms with Gasteiger partial charge >= 0.3 is 0 Å². The van der Waals surface area contributed by atoms with Gasteiger partial charge in [-0.1, -0.05) is 18.2 Å². The van der Waals surface area contributed by atoms with Gasteiger partial charge in [0.25, 0.3) is 5.91 Å². The molecule has 24 heavy (non-hydrogen) atoms. The van der Waals surface area contributed by atoms with E-state index in [-0.39, 0.29) is 11.8 Å². The van der Waals surface area contributed by atoms with E-state index in [1.165, 1.54) is 0 Å². The van der Waals surface area contributed by atoms with Crippen LogP contribution in [0, 0.1) is 0 Å². The Labute approximate surface area is 141 Å². The van der Waals surface area contributed by atoms with Crippen molar-refractivity contribution >= 4 is 17.5 Å². The minimum Gasteiger partial charge on any atom is -0.494 e. The third-order valence-electron chi connectivity index (χ3n) is 4.16. The molecular formula is C19H20N2O3. The SMILES string of the molecule is CCOc1ccc(C(=O)N2c3ccccc3CC2C(=O)NC)cc1. The Kier molecular flexibility index (Phi) is 4.51. The van der Waals surface area contributed by atoms with Crippen LogP contribution in [-0.4, -0.2) is 31.5 Å². The van der Waals surface area contributed by atoms with Gasteiger partial charge in [-0.05, 0) is 42.8 Å². The molecule has 1 atom stereocenters. The summed E-state index contributed by atoms with van der Waals surface area (Å²) >= 11 is 0. The molecule has 3 rings (SSSR count). The number of carbonyl (C=O) groups excluding carboxylic acids is 2. The van der Waals surface area contributed by atoms with Crippen LogP contribution < -0.4 is 15.0 Å². The largest absolute Gasteiger partial charge is 0.494 e. The lowest BCUT2D eigenvalue weighted by Crippen LogP contribution is -2.47. The van der Waals surface area contributed by atoms with Gasteiger partial charge in [0.2, 0.25) is 5.91 Å². The third-order valence-corrected chi connectivity index (χ3v) is 4.16. The number of carbonyl (C=O) groups is 2. The summed E-state index contributed by atoms with van der Waals surface area (Å²) in [5.41, 5.74) is 2.33. The summed E-state index contributed by atoms with van der Waals surface area (Å²) in [7, 11) is 1.59. The smallest absolute Gasteiger partial charge is 0.259 e. The second-order valence-electron chi connectivity index (χ2n) is 5.60. The first kappa shape index (κ1) is 16.1. The Morgan fingerprint density at radius 1 is 1.17 bits per heavy atom. The summed E-state index contributed by atoms with van der Waals surface area (Å²) in [5, 5.41) is 2.65. The minimum absolute atomic E-state index is 0.162. The number of hydrogen-bond donors (Lipinski definition) is 1. The van der Waals surface area contributed by atoms with Gasteiger partial charge in [-0.15, -0.1) is 0 Å². The topological polar surface area (TPSA) is 58.6 Å². The van der Waals surface area contributed by atoms with Gasteiger partial charge in [-0.2, -0.15) is 0 Å². The number of hydrogen-bond acceptors (Lipinski definition) is 3. The van der Waals surface area contributed by atoms with Crippen molar-refractivity contribution in [3.8, 4) is 5.75 Å². The van der Waals surface area contributed by atoms with E-state index < -0.39 is 6.04 Å². The average Bonchev–Trinajstić information content (AvgIpc) is 3.01. The van der Waals surface area contributed by atoms with Crippen LogP contribution in [0.5, 0.6) is 5.75 Å². The zero-order chi connectivity index (χ0) is 17.1. The van der Waals surface area contributed by atoms with Gasteiger partial charge in [0.05, 0.1) is 6.61 Å². The molecule has 1 N–H and O–H groups in total. The number of para-hydroxylation sites is 1. The summed E-state index contributed by atoms with van der Waals surface area (Å²) in [6, 6.07) is 14.1. The second kappa shape index (κ2) is 6.74. The Morgan fingerprint density at radius 2 is 1.88 bits per heavy atom. The summed E-state index contributed by atoms with van der Waals surface area (Å²) in [4.78, 5) is 26.8. The maximum Gasteiger partial charge on any atom is 0.259 e. The monoisotopic (exact) mass is 324 g/mol. The number of benzene rings is 2. The predicted molar refractivity (Wildman–Crippen MR) is 92.4 cm³/mol. The van der Waals surface area contributed by atoms with Gasteiger partial charge in [0.1, 0.15) is 11.8 Å². The van der Waals surface area contributed by atoms with E-state index in [9.17, 15) is 9.59 Å². The minimum atomic E-state index is -0.522. The maximum atomic E-state index is 13.0. The van der Waals surface area contributed by atoms with E-state index in [0.29, 0.717) is 18.6 Å². The third kappa shape index (κ3) is 2.85. The van der Waals surface area contributed by atoms with Gasteiger partial charge in [-0.25, -0.2) is 0 Å². The van der Waals surface area contributed by atoms with Crippen LogP contribution in [0.3, 0.4) is 0 Å². The van der Waals surface area contributed by atoms with Crippen LogP contribution >= 0.6 is 0 Å². The van der Waals surface area contributed by atoms with Crippen LogP contribution in [0.4, 0.5) is 5.69 Å². The molecule has 5 heteroatoms. The van der Waals surface area contributed by atoms with E-state index in [1.807, 2.05) is 31.2 Å². The number of ether oxygens (including phenoxy) is 1. The molecule has 1 unspecified atom stereocenters. The highest BCUT2D eigenvalue weighted by molar-refractivity contribution is 6.11. The lowest BCUT2D eigenvalue weighted by atomic mass is 10.1. The summed E-state index contributed by atoms with van der Waals surface area (Å²) in [6.07, 6.45) is 0.526. The van der Waals surface area contributed by atoms with Crippen molar-refractivity contribution in [3.63, 3.8) is 0 Å². The summed E-state index contributed by atoms with van der Waals surface area (Å²) in [6.45, 7) is 2.49. The molecular weight excluding hydrogens is 304 g/mol. The number of rotatable bonds is 4. The summed E-state index contributed by atoms with van der Waals surface area (Å²) < 4.78 is 5.41. The van der Waals surface area contributed by atoms with Gasteiger partial charge < -0.3 is 10.1 Å². The number of nitrogens with one attached hydrogen (secondary N) is 1. The molecule has 2 aromatic carbocycles.